The van der Waals surface area contributed by atoms with Gasteiger partial charge < -0.3 is 10.5 Å². The number of pyridine rings is 1. The number of hydrogen-bond donors (Lipinski definition) is 1. The third kappa shape index (κ3) is 3.52. The summed E-state index contributed by atoms with van der Waals surface area (Å²) in [4.78, 5) is 12.5. The quantitative estimate of drug-likeness (QED) is 0.404. The van der Waals surface area contributed by atoms with Gasteiger partial charge in [-0.05, 0) is 62.1 Å². The molecule has 0 atom stereocenters. The van der Waals surface area contributed by atoms with Crippen molar-refractivity contribution in [1.82, 2.24) is 15.1 Å². The Morgan fingerprint density at radius 3 is 2.77 bits per heavy atom. The molecule has 6 nitrogen and oxygen atoms in total. The molecule has 31 heavy (non-hydrogen) atoms. The van der Waals surface area contributed by atoms with Gasteiger partial charge in [0.2, 0.25) is 11.9 Å². The van der Waals surface area contributed by atoms with Crippen LogP contribution < -0.4 is 10.0 Å². The van der Waals surface area contributed by atoms with Crippen LogP contribution in [-0.4, -0.2) is 21.7 Å². The van der Waals surface area contributed by atoms with Gasteiger partial charge in [0.15, 0.2) is 0 Å². The van der Waals surface area contributed by atoms with Crippen molar-refractivity contribution < 1.29 is 13.9 Å². The van der Waals surface area contributed by atoms with E-state index in [9.17, 15) is 14.4 Å². The maximum absolute atomic E-state index is 14.6. The molecule has 2 aromatic heterocycles. The van der Waals surface area contributed by atoms with E-state index in [1.165, 1.54) is 12.3 Å². The van der Waals surface area contributed by atoms with Gasteiger partial charge in [-0.15, -0.1) is 0 Å². The van der Waals surface area contributed by atoms with Crippen molar-refractivity contribution in [3.05, 3.63) is 82.6 Å². The molecule has 1 aliphatic carbocycles. The van der Waals surface area contributed by atoms with E-state index in [4.69, 9.17) is 0 Å². The number of fused-ring (bicyclic) bond motifs is 1. The van der Waals surface area contributed by atoms with Crippen LogP contribution in [0.5, 0.6) is 0 Å². The number of aryl methyl sites for hydroxylation is 1. The first-order valence-electron chi connectivity index (χ1n) is 10.2. The third-order valence-corrected chi connectivity index (χ3v) is 5.65. The highest BCUT2D eigenvalue weighted by Crippen LogP contribution is 2.28. The smallest absolute Gasteiger partial charge is 0.251 e. The summed E-state index contributed by atoms with van der Waals surface area (Å²) in [6, 6.07) is 12.5. The Balaban J connectivity index is 1.61. The van der Waals surface area contributed by atoms with Crippen molar-refractivity contribution in [2.24, 2.45) is 0 Å². The number of carbonyl (C=O) groups is 1. The number of aromatic nitrogens is 3. The summed E-state index contributed by atoms with van der Waals surface area (Å²) >= 11 is 0. The number of hydrogen-bond acceptors (Lipinski definition) is 3. The van der Waals surface area contributed by atoms with E-state index in [-0.39, 0.29) is 23.2 Å². The molecule has 1 saturated carbocycles. The average molecular weight is 416 g/mol. The summed E-state index contributed by atoms with van der Waals surface area (Å²) in [6.07, 6.45) is 5.00. The standard InChI is InChI=1S/C24H21FN4O2/c1-14-4-3-5-19(8-14)29-23-13-28(31)22(11-17(23)12-26-29)20-9-16(10-21(25)15(20)2)24(30)27-18-6-7-18/h3-5,8-13,18H,6-7H2,1-2H3,(H,27,30). The van der Waals surface area contributed by atoms with Crippen molar-refractivity contribution in [1.29, 1.82) is 0 Å². The molecule has 0 saturated heterocycles. The first-order chi connectivity index (χ1) is 14.9. The second-order valence-corrected chi connectivity index (χ2v) is 8.10. The van der Waals surface area contributed by atoms with Gasteiger partial charge in [0.1, 0.15) is 11.3 Å². The molecule has 2 aromatic carbocycles. The zero-order chi connectivity index (χ0) is 21.7. The van der Waals surface area contributed by atoms with E-state index in [1.54, 1.807) is 29.9 Å². The van der Waals surface area contributed by atoms with E-state index in [0.29, 0.717) is 21.4 Å². The SMILES string of the molecule is Cc1cccc(-n2ncc3cc(-c4cc(C(=O)NC5CC5)cc(F)c4C)[n+]([O-])cc32)c1. The molecule has 0 spiro atoms. The Kier molecular flexibility index (Phi) is 4.46. The zero-order valence-corrected chi connectivity index (χ0v) is 17.2. The minimum atomic E-state index is -0.519. The second-order valence-electron chi connectivity index (χ2n) is 8.10. The Hall–Kier alpha value is -3.74. The predicted molar refractivity (Wildman–Crippen MR) is 115 cm³/mol. The van der Waals surface area contributed by atoms with Crippen molar-refractivity contribution in [3.8, 4) is 16.9 Å². The average Bonchev–Trinajstić information content (AvgIpc) is 3.46. The summed E-state index contributed by atoms with van der Waals surface area (Å²) in [5.41, 5.74) is 3.77. The highest BCUT2D eigenvalue weighted by molar-refractivity contribution is 5.96. The van der Waals surface area contributed by atoms with Gasteiger partial charge in [-0.3, -0.25) is 4.79 Å². The minimum Gasteiger partial charge on any atom is -0.618 e. The number of benzene rings is 2. The summed E-state index contributed by atoms with van der Waals surface area (Å²) < 4.78 is 17.1. The summed E-state index contributed by atoms with van der Waals surface area (Å²) in [6.45, 7) is 3.60. The fourth-order valence-corrected chi connectivity index (χ4v) is 3.74. The molecule has 0 aliphatic heterocycles. The lowest BCUT2D eigenvalue weighted by Gasteiger charge is -2.12. The number of amides is 1. The van der Waals surface area contributed by atoms with E-state index in [2.05, 4.69) is 10.4 Å². The monoisotopic (exact) mass is 416 g/mol. The lowest BCUT2D eigenvalue weighted by atomic mass is 10.00. The molecular formula is C24H21FN4O2. The molecule has 1 amide bonds. The Morgan fingerprint density at radius 1 is 1.23 bits per heavy atom. The number of halogens is 1. The van der Waals surface area contributed by atoms with Crippen LogP contribution in [0.1, 0.15) is 34.3 Å². The van der Waals surface area contributed by atoms with E-state index < -0.39 is 5.82 Å². The first-order valence-corrected chi connectivity index (χ1v) is 10.2. The molecule has 0 unspecified atom stereocenters. The molecule has 4 aromatic rings. The van der Waals surface area contributed by atoms with Crippen molar-refractivity contribution in [3.63, 3.8) is 0 Å². The van der Waals surface area contributed by atoms with Gasteiger partial charge in [0, 0.05) is 23.1 Å². The lowest BCUT2D eigenvalue weighted by molar-refractivity contribution is -0.592. The summed E-state index contributed by atoms with van der Waals surface area (Å²) in [7, 11) is 0. The number of nitrogens with one attached hydrogen (secondary N) is 1. The topological polar surface area (TPSA) is 73.9 Å². The van der Waals surface area contributed by atoms with Crippen LogP contribution >= 0.6 is 0 Å². The molecule has 2 heterocycles. The molecule has 0 bridgehead atoms. The fourth-order valence-electron chi connectivity index (χ4n) is 3.74. The van der Waals surface area contributed by atoms with Gasteiger partial charge in [0.05, 0.1) is 17.4 Å². The van der Waals surface area contributed by atoms with Crippen LogP contribution in [-0.2, 0) is 0 Å². The highest BCUT2D eigenvalue weighted by atomic mass is 19.1. The predicted octanol–water partition coefficient (Wildman–Crippen LogP) is 3.97. The van der Waals surface area contributed by atoms with Crippen molar-refractivity contribution >= 4 is 16.8 Å². The summed E-state index contributed by atoms with van der Waals surface area (Å²) in [5.74, 6) is -0.845. The van der Waals surface area contributed by atoms with Gasteiger partial charge in [-0.25, -0.2) is 9.07 Å². The number of carbonyl (C=O) groups excluding carboxylic acids is 1. The van der Waals surface area contributed by atoms with Crippen LogP contribution in [0.3, 0.4) is 0 Å². The first kappa shape index (κ1) is 19.2. The molecule has 156 valence electrons. The van der Waals surface area contributed by atoms with Crippen LogP contribution in [0.25, 0.3) is 27.8 Å². The highest BCUT2D eigenvalue weighted by Gasteiger charge is 2.26. The largest absolute Gasteiger partial charge is 0.618 e. The van der Waals surface area contributed by atoms with Crippen LogP contribution in [0.2, 0.25) is 0 Å². The normalized spacial score (nSPS) is 13.5. The lowest BCUT2D eigenvalue weighted by Crippen LogP contribution is -2.30. The zero-order valence-electron chi connectivity index (χ0n) is 17.2. The second kappa shape index (κ2) is 7.19. The molecule has 1 fully saturated rings. The Bertz CT molecular complexity index is 1340. The Labute approximate surface area is 178 Å². The van der Waals surface area contributed by atoms with Crippen LogP contribution in [0, 0.1) is 24.9 Å². The molecule has 0 radical (unpaired) electrons. The van der Waals surface area contributed by atoms with Gasteiger partial charge in [0.25, 0.3) is 5.91 Å². The molecule has 1 aliphatic rings. The van der Waals surface area contributed by atoms with E-state index in [1.807, 2.05) is 31.2 Å². The Morgan fingerprint density at radius 2 is 2.03 bits per heavy atom. The minimum absolute atomic E-state index is 0.161. The molecule has 7 heteroatoms. The maximum Gasteiger partial charge on any atom is 0.251 e. The van der Waals surface area contributed by atoms with Crippen LogP contribution in [0.4, 0.5) is 4.39 Å². The summed E-state index contributed by atoms with van der Waals surface area (Å²) in [5, 5.41) is 21.0. The number of nitrogens with zero attached hydrogens (tertiary/aromatic N) is 3. The fraction of sp³-hybridized carbons (Fsp3) is 0.208. The third-order valence-electron chi connectivity index (χ3n) is 5.65. The van der Waals surface area contributed by atoms with Gasteiger partial charge in [-0.1, -0.05) is 12.1 Å². The van der Waals surface area contributed by atoms with E-state index in [0.717, 1.165) is 29.5 Å². The molecular weight excluding hydrogens is 395 g/mol. The van der Waals surface area contributed by atoms with E-state index >= 15 is 0 Å². The van der Waals surface area contributed by atoms with Crippen molar-refractivity contribution in [2.45, 2.75) is 32.7 Å². The molecule has 1 N–H and O–H groups in total. The van der Waals surface area contributed by atoms with Crippen molar-refractivity contribution in [2.75, 3.05) is 0 Å². The molecule has 5 rings (SSSR count). The van der Waals surface area contributed by atoms with Crippen LogP contribution in [0.15, 0.2) is 54.9 Å². The number of rotatable bonds is 4. The van der Waals surface area contributed by atoms with Gasteiger partial charge in [-0.2, -0.15) is 9.83 Å². The van der Waals surface area contributed by atoms with Gasteiger partial charge >= 0.3 is 0 Å². The maximum atomic E-state index is 14.6.